The lowest BCUT2D eigenvalue weighted by molar-refractivity contribution is 0.134. The van der Waals surface area contributed by atoms with Gasteiger partial charge in [0, 0.05) is 12.6 Å². The Balaban J connectivity index is 2.74. The highest BCUT2D eigenvalue weighted by atomic mass is 35.5. The summed E-state index contributed by atoms with van der Waals surface area (Å²) >= 11 is 5.90. The van der Waals surface area contributed by atoms with Crippen molar-refractivity contribution in [1.29, 1.82) is 0 Å². The van der Waals surface area contributed by atoms with E-state index in [1.165, 1.54) is 0 Å². The maximum Gasteiger partial charge on any atom is 0.134 e. The summed E-state index contributed by atoms with van der Waals surface area (Å²) in [6.45, 7) is 9.76. The highest BCUT2D eigenvalue weighted by molar-refractivity contribution is 6.32. The first-order valence-electron chi connectivity index (χ1n) is 5.89. The van der Waals surface area contributed by atoms with Gasteiger partial charge in [0.05, 0.1) is 5.02 Å². The van der Waals surface area contributed by atoms with Crippen LogP contribution < -0.4 is 0 Å². The Morgan fingerprint density at radius 3 is 2.41 bits per heavy atom. The number of rotatable bonds is 3. The Hall–Kier alpha value is -0.730. The molecule has 0 spiro atoms. The number of halogens is 1. The van der Waals surface area contributed by atoms with Gasteiger partial charge in [0.25, 0.3) is 0 Å². The van der Waals surface area contributed by atoms with Crippen LogP contribution in [0.25, 0.3) is 0 Å². The van der Waals surface area contributed by atoms with Crippen molar-refractivity contribution in [2.75, 3.05) is 7.05 Å². The van der Waals surface area contributed by atoms with Crippen molar-refractivity contribution in [3.8, 4) is 5.75 Å². The Kier molecular flexibility index (Phi) is 4.45. The van der Waals surface area contributed by atoms with Crippen LogP contribution in [0.5, 0.6) is 5.75 Å². The molecule has 1 N–H and O–H groups in total. The van der Waals surface area contributed by atoms with Crippen molar-refractivity contribution in [3.05, 3.63) is 28.8 Å². The number of hydrogen-bond acceptors (Lipinski definition) is 2. The number of aromatic hydroxyl groups is 1. The first-order chi connectivity index (χ1) is 7.71. The van der Waals surface area contributed by atoms with E-state index in [0.29, 0.717) is 11.1 Å². The fraction of sp³-hybridized carbons (Fsp3) is 0.571. The molecular weight excluding hydrogens is 234 g/mol. The molecule has 0 amide bonds. The van der Waals surface area contributed by atoms with E-state index >= 15 is 0 Å². The molecule has 0 saturated carbocycles. The van der Waals surface area contributed by atoms with Crippen LogP contribution in [0.15, 0.2) is 18.2 Å². The first kappa shape index (κ1) is 14.3. The number of hydrogen-bond donors (Lipinski definition) is 1. The third-order valence-electron chi connectivity index (χ3n) is 3.36. The summed E-state index contributed by atoms with van der Waals surface area (Å²) in [5.41, 5.74) is 1.36. The molecule has 3 heteroatoms. The lowest BCUT2D eigenvalue weighted by Crippen LogP contribution is -2.38. The molecule has 1 atom stereocenters. The van der Waals surface area contributed by atoms with Gasteiger partial charge in [-0.05, 0) is 37.1 Å². The van der Waals surface area contributed by atoms with Gasteiger partial charge in [-0.2, -0.15) is 0 Å². The normalized spacial score (nSPS) is 14.1. The predicted octanol–water partition coefficient (Wildman–Crippen LogP) is 3.91. The van der Waals surface area contributed by atoms with E-state index in [4.69, 9.17) is 11.6 Å². The highest BCUT2D eigenvalue weighted by Gasteiger charge is 2.23. The molecule has 0 radical (unpaired) electrons. The first-order valence-corrected chi connectivity index (χ1v) is 6.27. The van der Waals surface area contributed by atoms with Crippen LogP contribution in [0.2, 0.25) is 5.02 Å². The van der Waals surface area contributed by atoms with Gasteiger partial charge < -0.3 is 5.11 Å². The molecule has 1 aromatic rings. The summed E-state index contributed by atoms with van der Waals surface area (Å²) in [6.07, 6.45) is 0. The zero-order valence-electron chi connectivity index (χ0n) is 11.3. The summed E-state index contributed by atoms with van der Waals surface area (Å²) in [5, 5.41) is 9.79. The number of benzene rings is 1. The van der Waals surface area contributed by atoms with Crippen LogP contribution >= 0.6 is 11.6 Å². The van der Waals surface area contributed by atoms with Crippen LogP contribution in [0.1, 0.15) is 33.3 Å². The van der Waals surface area contributed by atoms with E-state index in [1.54, 1.807) is 6.07 Å². The van der Waals surface area contributed by atoms with Gasteiger partial charge in [0.1, 0.15) is 5.75 Å². The Labute approximate surface area is 109 Å². The zero-order chi connectivity index (χ0) is 13.2. The van der Waals surface area contributed by atoms with E-state index in [-0.39, 0.29) is 11.2 Å². The van der Waals surface area contributed by atoms with Gasteiger partial charge in [0.15, 0.2) is 0 Å². The molecule has 2 nitrogen and oxygen atoms in total. The SMILES string of the molecule is CC(N(C)Cc1ccc(O)c(Cl)c1)C(C)(C)C. The van der Waals surface area contributed by atoms with Gasteiger partial charge in [-0.25, -0.2) is 0 Å². The molecular formula is C14H22ClNO. The lowest BCUT2D eigenvalue weighted by atomic mass is 9.87. The lowest BCUT2D eigenvalue weighted by Gasteiger charge is -2.35. The average Bonchev–Trinajstić information content (AvgIpc) is 2.21. The Morgan fingerprint density at radius 2 is 1.94 bits per heavy atom. The van der Waals surface area contributed by atoms with Crippen LogP contribution in [0.4, 0.5) is 0 Å². The van der Waals surface area contributed by atoms with Crippen molar-refractivity contribution in [2.45, 2.75) is 40.3 Å². The third-order valence-corrected chi connectivity index (χ3v) is 3.66. The van der Waals surface area contributed by atoms with E-state index in [0.717, 1.165) is 12.1 Å². The van der Waals surface area contributed by atoms with Crippen LogP contribution in [-0.2, 0) is 6.54 Å². The molecule has 17 heavy (non-hydrogen) atoms. The summed E-state index contributed by atoms with van der Waals surface area (Å²) in [5.74, 6) is 0.141. The standard InChI is InChI=1S/C14H22ClNO/c1-10(14(2,3)4)16(5)9-11-6-7-13(17)12(15)8-11/h6-8,10,17H,9H2,1-5H3. The smallest absolute Gasteiger partial charge is 0.134 e. The molecule has 0 aliphatic heterocycles. The van der Waals surface area contributed by atoms with Crippen LogP contribution in [0, 0.1) is 5.41 Å². The Bertz CT molecular complexity index is 384. The monoisotopic (exact) mass is 255 g/mol. The predicted molar refractivity (Wildman–Crippen MR) is 73.5 cm³/mol. The second-order valence-corrected chi connectivity index (χ2v) is 6.15. The molecule has 96 valence electrons. The molecule has 0 aromatic heterocycles. The second kappa shape index (κ2) is 5.28. The maximum atomic E-state index is 9.37. The molecule has 0 bridgehead atoms. The molecule has 0 heterocycles. The molecule has 0 saturated heterocycles. The van der Waals surface area contributed by atoms with Gasteiger partial charge in [-0.1, -0.05) is 38.4 Å². The largest absolute Gasteiger partial charge is 0.506 e. The van der Waals surface area contributed by atoms with Crippen molar-refractivity contribution >= 4 is 11.6 Å². The minimum absolute atomic E-state index is 0.141. The van der Waals surface area contributed by atoms with Gasteiger partial charge in [0.2, 0.25) is 0 Å². The fourth-order valence-corrected chi connectivity index (χ4v) is 1.94. The van der Waals surface area contributed by atoms with Crippen molar-refractivity contribution in [1.82, 2.24) is 4.90 Å². The maximum absolute atomic E-state index is 9.37. The average molecular weight is 256 g/mol. The molecule has 1 rings (SSSR count). The number of nitrogens with zero attached hydrogens (tertiary/aromatic N) is 1. The minimum Gasteiger partial charge on any atom is -0.506 e. The Morgan fingerprint density at radius 1 is 1.35 bits per heavy atom. The fourth-order valence-electron chi connectivity index (χ4n) is 1.73. The van der Waals surface area contributed by atoms with E-state index in [9.17, 15) is 5.11 Å². The van der Waals surface area contributed by atoms with E-state index in [2.05, 4.69) is 39.6 Å². The third kappa shape index (κ3) is 3.90. The summed E-state index contributed by atoms with van der Waals surface area (Å²) in [7, 11) is 2.11. The summed E-state index contributed by atoms with van der Waals surface area (Å²) in [4.78, 5) is 2.29. The quantitative estimate of drug-likeness (QED) is 0.885. The van der Waals surface area contributed by atoms with Crippen molar-refractivity contribution in [3.63, 3.8) is 0 Å². The van der Waals surface area contributed by atoms with E-state index < -0.39 is 0 Å². The van der Waals surface area contributed by atoms with Crippen LogP contribution in [-0.4, -0.2) is 23.1 Å². The minimum atomic E-state index is 0.141. The second-order valence-electron chi connectivity index (χ2n) is 5.74. The summed E-state index contributed by atoms with van der Waals surface area (Å²) in [6, 6.07) is 5.85. The number of phenols is 1. The summed E-state index contributed by atoms with van der Waals surface area (Å²) < 4.78 is 0. The molecule has 0 aliphatic carbocycles. The van der Waals surface area contributed by atoms with Gasteiger partial charge in [-0.3, -0.25) is 4.90 Å². The topological polar surface area (TPSA) is 23.5 Å². The van der Waals surface area contributed by atoms with Gasteiger partial charge in [-0.15, -0.1) is 0 Å². The molecule has 0 fully saturated rings. The van der Waals surface area contributed by atoms with Crippen molar-refractivity contribution < 1.29 is 5.11 Å². The van der Waals surface area contributed by atoms with Crippen LogP contribution in [0.3, 0.4) is 0 Å². The highest BCUT2D eigenvalue weighted by Crippen LogP contribution is 2.27. The van der Waals surface area contributed by atoms with Gasteiger partial charge >= 0.3 is 0 Å². The van der Waals surface area contributed by atoms with E-state index in [1.807, 2.05) is 12.1 Å². The molecule has 0 aliphatic rings. The molecule has 1 unspecified atom stereocenters. The molecule has 1 aromatic carbocycles. The van der Waals surface area contributed by atoms with Crippen molar-refractivity contribution in [2.24, 2.45) is 5.41 Å². The number of phenolic OH excluding ortho intramolecular Hbond substituents is 1. The zero-order valence-corrected chi connectivity index (χ0v) is 12.0.